The van der Waals surface area contributed by atoms with Crippen LogP contribution in [-0.4, -0.2) is 28.4 Å². The van der Waals surface area contributed by atoms with Crippen molar-refractivity contribution in [3.05, 3.63) is 34.9 Å². The highest BCUT2D eigenvalue weighted by Crippen LogP contribution is 2.23. The highest BCUT2D eigenvalue weighted by atomic mass is 16.4. The average molecular weight is 234 g/mol. The molecule has 1 aliphatic heterocycles. The van der Waals surface area contributed by atoms with Gasteiger partial charge in [-0.25, -0.2) is 4.79 Å². The molecule has 90 valence electrons. The molecule has 0 unspecified atom stereocenters. The number of hydrogen-bond acceptors (Lipinski definition) is 3. The minimum atomic E-state index is -0.914. The van der Waals surface area contributed by atoms with Gasteiger partial charge in [-0.05, 0) is 23.3 Å². The molecule has 5 nitrogen and oxygen atoms in total. The minimum Gasteiger partial charge on any atom is -0.478 e. The lowest BCUT2D eigenvalue weighted by Gasteiger charge is -2.12. The van der Waals surface area contributed by atoms with Gasteiger partial charge >= 0.3 is 5.97 Å². The smallest absolute Gasteiger partial charge is 0.335 e. The third-order valence-corrected chi connectivity index (χ3v) is 2.92. The molecule has 0 radical (unpaired) electrons. The number of carbonyl (C=O) groups is 2. The Labute approximate surface area is 98.8 Å². The van der Waals surface area contributed by atoms with Crippen molar-refractivity contribution in [3.8, 4) is 0 Å². The second-order valence-corrected chi connectivity index (χ2v) is 4.22. The Morgan fingerprint density at radius 1 is 1.29 bits per heavy atom. The van der Waals surface area contributed by atoms with Gasteiger partial charge in [-0.2, -0.15) is 0 Å². The van der Waals surface area contributed by atoms with Crippen LogP contribution >= 0.6 is 0 Å². The van der Waals surface area contributed by atoms with Gasteiger partial charge in [0.1, 0.15) is 0 Å². The van der Waals surface area contributed by atoms with E-state index in [1.807, 2.05) is 6.07 Å². The van der Waals surface area contributed by atoms with E-state index in [0.717, 1.165) is 17.7 Å². The van der Waals surface area contributed by atoms with Crippen LogP contribution in [0.15, 0.2) is 18.2 Å². The van der Waals surface area contributed by atoms with E-state index in [1.165, 1.54) is 0 Å². The number of nitrogens with two attached hydrogens (primary N) is 1. The zero-order valence-corrected chi connectivity index (χ0v) is 9.35. The van der Waals surface area contributed by atoms with Crippen molar-refractivity contribution in [2.75, 3.05) is 6.54 Å². The van der Waals surface area contributed by atoms with Crippen molar-refractivity contribution in [1.82, 2.24) is 4.90 Å². The summed E-state index contributed by atoms with van der Waals surface area (Å²) in [5, 5.41) is 8.88. The van der Waals surface area contributed by atoms with Gasteiger partial charge in [0.25, 0.3) is 0 Å². The normalized spacial score (nSPS) is 14.6. The van der Waals surface area contributed by atoms with Gasteiger partial charge < -0.3 is 10.8 Å². The van der Waals surface area contributed by atoms with Crippen LogP contribution in [0, 0.1) is 0 Å². The average Bonchev–Trinajstić information content (AvgIpc) is 2.67. The van der Waals surface area contributed by atoms with Gasteiger partial charge in [0, 0.05) is 26.1 Å². The van der Waals surface area contributed by atoms with Gasteiger partial charge in [0.05, 0.1) is 5.56 Å². The lowest BCUT2D eigenvalue weighted by atomic mass is 10.1. The number of fused-ring (bicyclic) bond motifs is 1. The molecule has 0 aromatic heterocycles. The second kappa shape index (κ2) is 4.55. The fourth-order valence-electron chi connectivity index (χ4n) is 2.02. The molecule has 0 spiro atoms. The number of carboxylic acid groups (broad SMARTS) is 1. The fraction of sp³-hybridized carbons (Fsp3) is 0.333. The molecule has 5 heteroatoms. The topological polar surface area (TPSA) is 83.6 Å². The molecule has 1 amide bonds. The molecule has 0 saturated carbocycles. The van der Waals surface area contributed by atoms with Crippen molar-refractivity contribution in [3.63, 3.8) is 0 Å². The van der Waals surface area contributed by atoms with Crippen LogP contribution in [0.3, 0.4) is 0 Å². The Hall–Kier alpha value is -1.88. The molecule has 1 heterocycles. The predicted octanol–water partition coefficient (Wildman–Crippen LogP) is 0.576. The van der Waals surface area contributed by atoms with Crippen molar-refractivity contribution in [2.24, 2.45) is 5.73 Å². The molecule has 1 aromatic carbocycles. The maximum Gasteiger partial charge on any atom is 0.335 e. The van der Waals surface area contributed by atoms with E-state index in [-0.39, 0.29) is 5.91 Å². The maximum absolute atomic E-state index is 10.8. The lowest BCUT2D eigenvalue weighted by Crippen LogP contribution is -2.23. The molecular formula is C12H14N2O3. The van der Waals surface area contributed by atoms with E-state index in [9.17, 15) is 9.59 Å². The number of rotatable bonds is 4. The van der Waals surface area contributed by atoms with E-state index in [0.29, 0.717) is 25.1 Å². The summed E-state index contributed by atoms with van der Waals surface area (Å²) in [6, 6.07) is 5.14. The van der Waals surface area contributed by atoms with Gasteiger partial charge in [-0.1, -0.05) is 6.07 Å². The first-order valence-corrected chi connectivity index (χ1v) is 5.42. The third kappa shape index (κ3) is 2.62. The number of carbonyl (C=O) groups excluding carboxylic acids is 1. The Bertz CT molecular complexity index is 471. The Kier molecular flexibility index (Phi) is 3.10. The SMILES string of the molecule is NC(=O)CCN1Cc2ccc(C(=O)O)cc2C1. The molecule has 0 atom stereocenters. The first-order chi connectivity index (χ1) is 8.06. The summed E-state index contributed by atoms with van der Waals surface area (Å²) in [7, 11) is 0. The molecule has 2 rings (SSSR count). The second-order valence-electron chi connectivity index (χ2n) is 4.22. The van der Waals surface area contributed by atoms with E-state index < -0.39 is 5.97 Å². The Balaban J connectivity index is 2.06. The van der Waals surface area contributed by atoms with E-state index in [1.54, 1.807) is 12.1 Å². The quantitative estimate of drug-likeness (QED) is 0.798. The summed E-state index contributed by atoms with van der Waals surface area (Å²) >= 11 is 0. The number of hydrogen-bond donors (Lipinski definition) is 2. The van der Waals surface area contributed by atoms with Gasteiger partial charge in [0.2, 0.25) is 5.91 Å². The Morgan fingerprint density at radius 2 is 2.00 bits per heavy atom. The number of primary amides is 1. The standard InChI is InChI=1S/C12H14N2O3/c13-11(15)3-4-14-6-9-2-1-8(12(16)17)5-10(9)7-14/h1-2,5H,3-4,6-7H2,(H2,13,15)(H,16,17). The Morgan fingerprint density at radius 3 is 2.65 bits per heavy atom. The molecule has 0 bridgehead atoms. The first kappa shape index (κ1) is 11.6. The maximum atomic E-state index is 10.8. The summed E-state index contributed by atoms with van der Waals surface area (Å²) in [4.78, 5) is 23.6. The van der Waals surface area contributed by atoms with Crippen molar-refractivity contribution in [2.45, 2.75) is 19.5 Å². The van der Waals surface area contributed by atoms with Gasteiger partial charge in [-0.3, -0.25) is 9.69 Å². The van der Waals surface area contributed by atoms with Gasteiger partial charge in [0.15, 0.2) is 0 Å². The summed E-state index contributed by atoms with van der Waals surface area (Å²) in [6.45, 7) is 2.05. The van der Waals surface area contributed by atoms with Crippen LogP contribution in [0.25, 0.3) is 0 Å². The highest BCUT2D eigenvalue weighted by molar-refractivity contribution is 5.88. The molecule has 3 N–H and O–H groups in total. The van der Waals surface area contributed by atoms with Crippen molar-refractivity contribution < 1.29 is 14.7 Å². The molecule has 0 saturated heterocycles. The van der Waals surface area contributed by atoms with Gasteiger partial charge in [-0.15, -0.1) is 0 Å². The summed E-state index contributed by atoms with van der Waals surface area (Å²) in [5.41, 5.74) is 7.55. The van der Waals surface area contributed by atoms with Crippen LogP contribution in [0.1, 0.15) is 27.9 Å². The number of carboxylic acids is 1. The third-order valence-electron chi connectivity index (χ3n) is 2.92. The van der Waals surface area contributed by atoms with Crippen molar-refractivity contribution >= 4 is 11.9 Å². The van der Waals surface area contributed by atoms with Crippen LogP contribution in [0.4, 0.5) is 0 Å². The monoisotopic (exact) mass is 234 g/mol. The fourth-order valence-corrected chi connectivity index (χ4v) is 2.02. The number of nitrogens with zero attached hydrogens (tertiary/aromatic N) is 1. The zero-order chi connectivity index (χ0) is 12.4. The van der Waals surface area contributed by atoms with E-state index in [4.69, 9.17) is 10.8 Å². The predicted molar refractivity (Wildman–Crippen MR) is 61.3 cm³/mol. The summed E-state index contributed by atoms with van der Waals surface area (Å²) in [5.74, 6) is -1.23. The molecule has 0 aliphatic carbocycles. The van der Waals surface area contributed by atoms with Crippen LogP contribution in [0.5, 0.6) is 0 Å². The van der Waals surface area contributed by atoms with Crippen LogP contribution in [-0.2, 0) is 17.9 Å². The van der Waals surface area contributed by atoms with Crippen molar-refractivity contribution in [1.29, 1.82) is 0 Å². The largest absolute Gasteiger partial charge is 0.478 e. The highest BCUT2D eigenvalue weighted by Gasteiger charge is 2.20. The number of benzene rings is 1. The lowest BCUT2D eigenvalue weighted by molar-refractivity contribution is -0.118. The van der Waals surface area contributed by atoms with Crippen LogP contribution in [0.2, 0.25) is 0 Å². The minimum absolute atomic E-state index is 0.306. The van der Waals surface area contributed by atoms with Crippen LogP contribution < -0.4 is 5.73 Å². The molecule has 0 fully saturated rings. The summed E-state index contributed by atoms with van der Waals surface area (Å²) < 4.78 is 0. The summed E-state index contributed by atoms with van der Waals surface area (Å²) in [6.07, 6.45) is 0.333. The number of amides is 1. The van der Waals surface area contributed by atoms with E-state index >= 15 is 0 Å². The molecule has 1 aromatic rings. The molecule has 17 heavy (non-hydrogen) atoms. The molecule has 1 aliphatic rings. The van der Waals surface area contributed by atoms with E-state index in [2.05, 4.69) is 4.90 Å². The molecular weight excluding hydrogens is 220 g/mol. The number of aromatic carboxylic acids is 1. The first-order valence-electron chi connectivity index (χ1n) is 5.42. The zero-order valence-electron chi connectivity index (χ0n) is 9.35.